The highest BCUT2D eigenvalue weighted by atomic mass is 15.0. The van der Waals surface area contributed by atoms with Crippen LogP contribution in [0.2, 0.25) is 0 Å². The predicted octanol–water partition coefficient (Wildman–Crippen LogP) is 11.6. The quantitative estimate of drug-likeness (QED) is 0.132. The summed E-state index contributed by atoms with van der Waals surface area (Å²) in [6.07, 6.45) is 14.9. The second kappa shape index (κ2) is 11.8. The smallest absolute Gasteiger partial charge is 0.0771 e. The fourth-order valence-electron chi connectivity index (χ4n) is 6.35. The lowest BCUT2D eigenvalue weighted by atomic mass is 10.0. The van der Waals surface area contributed by atoms with Crippen molar-refractivity contribution in [2.24, 2.45) is 0 Å². The molecule has 0 unspecified atom stereocenters. The molecule has 45 heavy (non-hydrogen) atoms. The molecule has 2 aromatic heterocycles. The second-order valence-electron chi connectivity index (χ2n) is 11.6. The highest BCUT2D eigenvalue weighted by Gasteiger charge is 2.17. The van der Waals surface area contributed by atoms with Gasteiger partial charge in [0.05, 0.1) is 22.4 Å². The van der Waals surface area contributed by atoms with Crippen LogP contribution >= 0.6 is 0 Å². The molecule has 2 N–H and O–H groups in total. The number of nitrogens with one attached hydrogen (secondary N) is 2. The van der Waals surface area contributed by atoms with E-state index in [0.29, 0.717) is 5.71 Å². The number of fused-ring (bicyclic) bond motifs is 6. The van der Waals surface area contributed by atoms with Crippen molar-refractivity contribution in [3.8, 4) is 16.8 Å². The number of benzene rings is 5. The van der Waals surface area contributed by atoms with Gasteiger partial charge in [-0.1, -0.05) is 109 Å². The zero-order chi connectivity index (χ0) is 30.9. The van der Waals surface area contributed by atoms with Gasteiger partial charge in [-0.2, -0.15) is 0 Å². The highest BCUT2D eigenvalue weighted by Crippen LogP contribution is 2.39. The zero-order valence-electron chi connectivity index (χ0n) is 25.6. The molecule has 0 bridgehead atoms. The van der Waals surface area contributed by atoms with Crippen molar-refractivity contribution in [2.45, 2.75) is 20.3 Å². The van der Waals surface area contributed by atoms with Crippen LogP contribution in [-0.2, 0) is 0 Å². The van der Waals surface area contributed by atoms with E-state index in [9.17, 15) is 0 Å². The molecule has 0 spiro atoms. The maximum absolute atomic E-state index is 8.35. The van der Waals surface area contributed by atoms with Crippen LogP contribution in [0.5, 0.6) is 0 Å². The molecule has 0 amide bonds. The van der Waals surface area contributed by atoms with E-state index in [1.165, 1.54) is 49.0 Å². The summed E-state index contributed by atoms with van der Waals surface area (Å²) in [5.74, 6) is 0. The van der Waals surface area contributed by atoms with Crippen molar-refractivity contribution in [3.05, 3.63) is 157 Å². The van der Waals surface area contributed by atoms with Gasteiger partial charge in [-0.05, 0) is 89.5 Å². The molecular formula is C42H35N3. The summed E-state index contributed by atoms with van der Waals surface area (Å²) in [5, 5.41) is 15.7. The lowest BCUT2D eigenvalue weighted by Gasteiger charge is -2.12. The average molecular weight is 582 g/mol. The molecule has 0 aliphatic carbocycles. The van der Waals surface area contributed by atoms with E-state index in [4.69, 9.17) is 5.41 Å². The van der Waals surface area contributed by atoms with Crippen molar-refractivity contribution in [1.82, 2.24) is 9.55 Å². The standard InChI is InChI=1S/C42H35N3/c1-4-9-28(3)11-8-12-29-15-20-36-33(23-29)18-22-38-37-21-17-32(34-25-40(44-27-34)39(43)10-5-2)26-41(37)45(42(36)38)35-19-16-30-13-6-7-14-31(30)24-35/h4-10,12-27,43-44H,1,11H2,2-3H3/b10-5-,12-8+,28-9+,43-39?. The highest BCUT2D eigenvalue weighted by molar-refractivity contribution is 6.19. The Hall–Kier alpha value is -5.67. The van der Waals surface area contributed by atoms with Crippen molar-refractivity contribution in [3.63, 3.8) is 0 Å². The molecule has 2 heterocycles. The summed E-state index contributed by atoms with van der Waals surface area (Å²) >= 11 is 0. The Kier molecular flexibility index (Phi) is 7.36. The van der Waals surface area contributed by atoms with E-state index in [2.05, 4.69) is 138 Å². The Morgan fingerprint density at radius 1 is 0.822 bits per heavy atom. The molecule has 0 aliphatic rings. The molecular weight excluding hydrogens is 546 g/mol. The third-order valence-electron chi connectivity index (χ3n) is 8.55. The Morgan fingerprint density at radius 3 is 2.47 bits per heavy atom. The van der Waals surface area contributed by atoms with Crippen LogP contribution in [0.1, 0.15) is 31.5 Å². The third-order valence-corrected chi connectivity index (χ3v) is 8.55. The molecule has 7 aromatic rings. The number of rotatable bonds is 8. The SMILES string of the molecule is C=C/C=C(\C)C/C=C/c1ccc2c(ccc3c4ccc(-c5c[nH]c(C(=N)/C=C\C)c5)cc4n(-c4ccc5ccccc5c4)c23)c1. The second-order valence-corrected chi connectivity index (χ2v) is 11.6. The Balaban J connectivity index is 1.44. The molecule has 0 aliphatic heterocycles. The molecule has 7 rings (SSSR count). The zero-order valence-corrected chi connectivity index (χ0v) is 25.6. The van der Waals surface area contributed by atoms with Gasteiger partial charge < -0.3 is 9.55 Å². The van der Waals surface area contributed by atoms with Gasteiger partial charge in [-0.3, -0.25) is 5.41 Å². The number of hydrogen-bond donors (Lipinski definition) is 2. The van der Waals surface area contributed by atoms with E-state index < -0.39 is 0 Å². The minimum atomic E-state index is 0.471. The summed E-state index contributed by atoms with van der Waals surface area (Å²) in [7, 11) is 0. The average Bonchev–Trinajstić information content (AvgIpc) is 3.68. The van der Waals surface area contributed by atoms with Crippen LogP contribution < -0.4 is 0 Å². The van der Waals surface area contributed by atoms with Crippen molar-refractivity contribution >= 4 is 55.1 Å². The van der Waals surface area contributed by atoms with Gasteiger partial charge in [-0.15, -0.1) is 0 Å². The molecule has 218 valence electrons. The van der Waals surface area contributed by atoms with E-state index in [0.717, 1.165) is 34.4 Å². The summed E-state index contributed by atoms with van der Waals surface area (Å²) in [6.45, 7) is 7.87. The van der Waals surface area contributed by atoms with Gasteiger partial charge in [0.15, 0.2) is 0 Å². The molecule has 0 saturated heterocycles. The van der Waals surface area contributed by atoms with Crippen molar-refractivity contribution in [1.29, 1.82) is 5.41 Å². The van der Waals surface area contributed by atoms with Crippen molar-refractivity contribution < 1.29 is 0 Å². The topological polar surface area (TPSA) is 44.6 Å². The van der Waals surface area contributed by atoms with E-state index in [1.54, 1.807) is 0 Å². The molecule has 5 aromatic carbocycles. The number of aromatic nitrogens is 2. The van der Waals surface area contributed by atoms with Crippen LogP contribution in [0.25, 0.3) is 66.2 Å². The molecule has 0 atom stereocenters. The van der Waals surface area contributed by atoms with Crippen molar-refractivity contribution in [2.75, 3.05) is 0 Å². The number of aromatic amines is 1. The van der Waals surface area contributed by atoms with Gasteiger partial charge in [0.1, 0.15) is 0 Å². The minimum Gasteiger partial charge on any atom is -0.359 e. The first-order valence-electron chi connectivity index (χ1n) is 15.4. The molecule has 0 fully saturated rings. The fourth-order valence-corrected chi connectivity index (χ4v) is 6.35. The first kappa shape index (κ1) is 28.1. The number of allylic oxidation sites excluding steroid dienone is 6. The van der Waals surface area contributed by atoms with Crippen LogP contribution in [0, 0.1) is 5.41 Å². The monoisotopic (exact) mass is 581 g/mol. The fraction of sp³-hybridized carbons (Fsp3) is 0.0714. The Bertz CT molecular complexity index is 2350. The van der Waals surface area contributed by atoms with E-state index in [-0.39, 0.29) is 0 Å². The van der Waals surface area contributed by atoms with Crippen LogP contribution in [0.15, 0.2) is 146 Å². The van der Waals surface area contributed by atoms with E-state index in [1.807, 2.05) is 31.3 Å². The normalized spacial score (nSPS) is 12.4. The first-order valence-corrected chi connectivity index (χ1v) is 15.4. The van der Waals surface area contributed by atoms with Gasteiger partial charge in [0.2, 0.25) is 0 Å². The number of hydrogen-bond acceptors (Lipinski definition) is 1. The Morgan fingerprint density at radius 2 is 1.62 bits per heavy atom. The van der Waals surface area contributed by atoms with Crippen LogP contribution in [0.3, 0.4) is 0 Å². The Labute approximate surface area is 263 Å². The van der Waals surface area contributed by atoms with E-state index >= 15 is 0 Å². The van der Waals surface area contributed by atoms with Gasteiger partial charge in [-0.25, -0.2) is 0 Å². The number of H-pyrrole nitrogens is 1. The summed E-state index contributed by atoms with van der Waals surface area (Å²) in [4.78, 5) is 3.29. The first-order chi connectivity index (χ1) is 22.0. The van der Waals surface area contributed by atoms with Gasteiger partial charge in [0.25, 0.3) is 0 Å². The number of nitrogens with zero attached hydrogens (tertiary/aromatic N) is 1. The van der Waals surface area contributed by atoms with Crippen LogP contribution in [-0.4, -0.2) is 15.3 Å². The lowest BCUT2D eigenvalue weighted by Crippen LogP contribution is -1.95. The largest absolute Gasteiger partial charge is 0.359 e. The molecule has 0 saturated carbocycles. The molecule has 0 radical (unpaired) electrons. The summed E-state index contributed by atoms with van der Waals surface area (Å²) < 4.78 is 2.43. The maximum Gasteiger partial charge on any atom is 0.0771 e. The summed E-state index contributed by atoms with van der Waals surface area (Å²) in [6, 6.07) is 35.4. The minimum absolute atomic E-state index is 0.471. The summed E-state index contributed by atoms with van der Waals surface area (Å²) in [5.41, 5.74) is 9.43. The predicted molar refractivity (Wildman–Crippen MR) is 195 cm³/mol. The maximum atomic E-state index is 8.35. The van der Waals surface area contributed by atoms with Gasteiger partial charge in [0, 0.05) is 28.0 Å². The lowest BCUT2D eigenvalue weighted by molar-refractivity contribution is 1.19. The molecule has 3 nitrogen and oxygen atoms in total. The third kappa shape index (κ3) is 5.23. The van der Waals surface area contributed by atoms with Gasteiger partial charge >= 0.3 is 0 Å². The van der Waals surface area contributed by atoms with Crippen LogP contribution in [0.4, 0.5) is 0 Å². The molecule has 3 heteroatoms.